The molecule has 0 atom stereocenters. The zero-order valence-corrected chi connectivity index (χ0v) is 17.6. The minimum Gasteiger partial charge on any atom is -0.463 e. The molecule has 31 heavy (non-hydrogen) atoms. The third-order valence-corrected chi connectivity index (χ3v) is 5.68. The molecule has 5 rings (SSSR count). The largest absolute Gasteiger partial charge is 0.463 e. The Morgan fingerprint density at radius 1 is 0.871 bits per heavy atom. The Morgan fingerprint density at radius 2 is 1.65 bits per heavy atom. The summed E-state index contributed by atoms with van der Waals surface area (Å²) in [4.78, 5) is 17.6. The zero-order valence-electron chi connectivity index (χ0n) is 16.8. The predicted octanol–water partition coefficient (Wildman–Crippen LogP) is 4.75. The highest BCUT2D eigenvalue weighted by molar-refractivity contribution is 6.30. The maximum atomic E-state index is 13.5. The minimum absolute atomic E-state index is 0.0418. The van der Waals surface area contributed by atoms with Crippen LogP contribution in [0.1, 0.15) is 10.5 Å². The molecule has 0 unspecified atom stereocenters. The SMILES string of the molecule is O=C(c1cc(-c2ccco2)nn1-c1ccccc1)N1CCN(c2cccc(Cl)c2)CC1. The van der Waals surface area contributed by atoms with E-state index >= 15 is 0 Å². The van der Waals surface area contributed by atoms with Gasteiger partial charge in [0.1, 0.15) is 11.4 Å². The molecule has 4 aromatic rings. The number of piperazine rings is 1. The van der Waals surface area contributed by atoms with Gasteiger partial charge >= 0.3 is 0 Å². The summed E-state index contributed by atoms with van der Waals surface area (Å²) < 4.78 is 7.20. The van der Waals surface area contributed by atoms with Gasteiger partial charge in [0.2, 0.25) is 0 Å². The van der Waals surface area contributed by atoms with Crippen molar-refractivity contribution < 1.29 is 9.21 Å². The number of furan rings is 1. The lowest BCUT2D eigenvalue weighted by Crippen LogP contribution is -2.49. The Hall–Kier alpha value is -3.51. The maximum Gasteiger partial charge on any atom is 0.272 e. The molecule has 1 fully saturated rings. The average molecular weight is 433 g/mol. The van der Waals surface area contributed by atoms with Gasteiger partial charge in [0.25, 0.3) is 5.91 Å². The summed E-state index contributed by atoms with van der Waals surface area (Å²) in [6, 6.07) is 23.0. The number of hydrogen-bond acceptors (Lipinski definition) is 4. The molecule has 6 nitrogen and oxygen atoms in total. The minimum atomic E-state index is -0.0418. The lowest BCUT2D eigenvalue weighted by molar-refractivity contribution is 0.0737. The summed E-state index contributed by atoms with van der Waals surface area (Å²) in [6.45, 7) is 2.75. The first kappa shape index (κ1) is 19.5. The van der Waals surface area contributed by atoms with Gasteiger partial charge < -0.3 is 14.2 Å². The number of aromatic nitrogens is 2. The van der Waals surface area contributed by atoms with Gasteiger partial charge in [0, 0.05) is 43.0 Å². The molecule has 0 radical (unpaired) electrons. The van der Waals surface area contributed by atoms with Crippen LogP contribution >= 0.6 is 11.6 Å². The monoisotopic (exact) mass is 432 g/mol. The number of para-hydroxylation sites is 1. The number of hydrogen-bond donors (Lipinski definition) is 0. The number of nitrogens with zero attached hydrogens (tertiary/aromatic N) is 4. The van der Waals surface area contributed by atoms with E-state index in [-0.39, 0.29) is 5.91 Å². The second-order valence-electron chi connectivity index (χ2n) is 7.40. The zero-order chi connectivity index (χ0) is 21.2. The Balaban J connectivity index is 1.40. The van der Waals surface area contributed by atoms with E-state index in [9.17, 15) is 4.79 Å². The fraction of sp³-hybridized carbons (Fsp3) is 0.167. The molecule has 0 spiro atoms. The van der Waals surface area contributed by atoms with Gasteiger partial charge in [-0.25, -0.2) is 4.68 Å². The van der Waals surface area contributed by atoms with Crippen LogP contribution in [-0.4, -0.2) is 46.8 Å². The van der Waals surface area contributed by atoms with Crippen LogP contribution in [0.3, 0.4) is 0 Å². The molecule has 7 heteroatoms. The molecule has 1 aliphatic rings. The molecular weight excluding hydrogens is 412 g/mol. The van der Waals surface area contributed by atoms with Crippen molar-refractivity contribution >= 4 is 23.2 Å². The highest BCUT2D eigenvalue weighted by Gasteiger charge is 2.26. The fourth-order valence-electron chi connectivity index (χ4n) is 3.85. The number of benzene rings is 2. The Labute approximate surface area is 185 Å². The first-order valence-electron chi connectivity index (χ1n) is 10.2. The van der Waals surface area contributed by atoms with Crippen LogP contribution in [0, 0.1) is 0 Å². The van der Waals surface area contributed by atoms with Crippen molar-refractivity contribution in [1.29, 1.82) is 0 Å². The van der Waals surface area contributed by atoms with Crippen molar-refractivity contribution in [3.8, 4) is 17.1 Å². The van der Waals surface area contributed by atoms with Crippen LogP contribution in [0.4, 0.5) is 5.69 Å². The van der Waals surface area contributed by atoms with Crippen LogP contribution in [0.15, 0.2) is 83.5 Å². The molecule has 0 aliphatic carbocycles. The van der Waals surface area contributed by atoms with E-state index in [0.717, 1.165) is 24.5 Å². The molecule has 1 aliphatic heterocycles. The van der Waals surface area contributed by atoms with Crippen LogP contribution in [-0.2, 0) is 0 Å². The van der Waals surface area contributed by atoms with E-state index < -0.39 is 0 Å². The van der Waals surface area contributed by atoms with E-state index in [0.29, 0.717) is 35.3 Å². The number of halogens is 1. The summed E-state index contributed by atoms with van der Waals surface area (Å²) in [5.74, 6) is 0.592. The van der Waals surface area contributed by atoms with E-state index in [4.69, 9.17) is 16.0 Å². The number of carbonyl (C=O) groups is 1. The Kier molecular flexibility index (Phi) is 5.22. The average Bonchev–Trinajstić information content (AvgIpc) is 3.49. The van der Waals surface area contributed by atoms with Gasteiger partial charge in [-0.05, 0) is 42.5 Å². The number of carbonyl (C=O) groups excluding carboxylic acids is 1. The van der Waals surface area contributed by atoms with Crippen LogP contribution < -0.4 is 4.90 Å². The van der Waals surface area contributed by atoms with Crippen molar-refractivity contribution in [3.63, 3.8) is 0 Å². The van der Waals surface area contributed by atoms with Crippen molar-refractivity contribution in [2.45, 2.75) is 0 Å². The second-order valence-corrected chi connectivity index (χ2v) is 7.84. The van der Waals surface area contributed by atoms with E-state index in [1.54, 1.807) is 17.0 Å². The fourth-order valence-corrected chi connectivity index (χ4v) is 4.03. The van der Waals surface area contributed by atoms with E-state index in [2.05, 4.69) is 10.00 Å². The summed E-state index contributed by atoms with van der Waals surface area (Å²) in [6.07, 6.45) is 1.60. The van der Waals surface area contributed by atoms with Crippen molar-refractivity contribution in [1.82, 2.24) is 14.7 Å². The third kappa shape index (κ3) is 3.94. The molecule has 1 amide bonds. The van der Waals surface area contributed by atoms with Gasteiger partial charge in [-0.15, -0.1) is 0 Å². The van der Waals surface area contributed by atoms with E-state index in [1.165, 1.54) is 0 Å². The highest BCUT2D eigenvalue weighted by Crippen LogP contribution is 2.25. The maximum absolute atomic E-state index is 13.5. The normalized spacial score (nSPS) is 14.1. The topological polar surface area (TPSA) is 54.5 Å². The summed E-state index contributed by atoms with van der Waals surface area (Å²) in [7, 11) is 0. The highest BCUT2D eigenvalue weighted by atomic mass is 35.5. The van der Waals surface area contributed by atoms with Gasteiger partial charge in [-0.1, -0.05) is 35.9 Å². The molecule has 2 aromatic carbocycles. The summed E-state index contributed by atoms with van der Waals surface area (Å²) in [5, 5.41) is 5.38. The summed E-state index contributed by atoms with van der Waals surface area (Å²) in [5.41, 5.74) is 3.07. The first-order chi connectivity index (χ1) is 15.2. The Morgan fingerprint density at radius 3 is 2.35 bits per heavy atom. The molecule has 0 bridgehead atoms. The third-order valence-electron chi connectivity index (χ3n) is 5.44. The smallest absolute Gasteiger partial charge is 0.272 e. The molecular formula is C24H21ClN4O2. The molecule has 2 aromatic heterocycles. The van der Waals surface area contributed by atoms with Gasteiger partial charge in [0.05, 0.1) is 12.0 Å². The molecule has 156 valence electrons. The quantitative estimate of drug-likeness (QED) is 0.467. The molecule has 0 N–H and O–H groups in total. The number of rotatable bonds is 4. The molecule has 1 saturated heterocycles. The Bertz CT molecular complexity index is 1180. The standard InChI is InChI=1S/C24H21ClN4O2/c25-18-6-4-9-20(16-18)27-11-13-28(14-12-27)24(30)22-17-21(23-10-5-15-31-23)26-29(22)19-7-2-1-3-8-19/h1-10,15-17H,11-14H2. The summed E-state index contributed by atoms with van der Waals surface area (Å²) >= 11 is 6.13. The van der Waals surface area contributed by atoms with Crippen molar-refractivity contribution in [2.24, 2.45) is 0 Å². The molecule has 3 heterocycles. The second kappa shape index (κ2) is 8.32. The number of anilines is 1. The van der Waals surface area contributed by atoms with Crippen molar-refractivity contribution in [3.05, 3.63) is 89.8 Å². The van der Waals surface area contributed by atoms with Crippen molar-refractivity contribution in [2.75, 3.05) is 31.1 Å². The first-order valence-corrected chi connectivity index (χ1v) is 10.6. The lowest BCUT2D eigenvalue weighted by Gasteiger charge is -2.36. The van der Waals surface area contributed by atoms with Gasteiger partial charge in [-0.2, -0.15) is 5.10 Å². The van der Waals surface area contributed by atoms with Crippen LogP contribution in [0.5, 0.6) is 0 Å². The van der Waals surface area contributed by atoms with Crippen LogP contribution in [0.25, 0.3) is 17.1 Å². The lowest BCUT2D eigenvalue weighted by atomic mass is 10.2. The number of amides is 1. The predicted molar refractivity (Wildman–Crippen MR) is 121 cm³/mol. The van der Waals surface area contributed by atoms with Gasteiger partial charge in [-0.3, -0.25) is 4.79 Å². The van der Waals surface area contributed by atoms with Gasteiger partial charge in [0.15, 0.2) is 5.76 Å². The molecule has 0 saturated carbocycles. The van der Waals surface area contributed by atoms with Crippen LogP contribution in [0.2, 0.25) is 5.02 Å². The van der Waals surface area contributed by atoms with E-state index in [1.807, 2.05) is 71.6 Å².